The number of carbonyl (C=O) groups is 2. The Bertz CT molecular complexity index is 945. The number of benzene rings is 2. The fourth-order valence-electron chi connectivity index (χ4n) is 4.24. The van der Waals surface area contributed by atoms with Crippen LogP contribution in [0.2, 0.25) is 0 Å². The van der Waals surface area contributed by atoms with Crippen LogP contribution in [0.1, 0.15) is 35.6 Å². The van der Waals surface area contributed by atoms with Crippen LogP contribution in [0.25, 0.3) is 0 Å². The summed E-state index contributed by atoms with van der Waals surface area (Å²) in [6.45, 7) is 2.51. The van der Waals surface area contributed by atoms with Gasteiger partial charge in [0.1, 0.15) is 17.9 Å². The van der Waals surface area contributed by atoms with Gasteiger partial charge in [0.05, 0.1) is 7.05 Å². The maximum Gasteiger partial charge on any atom is 0.329 e. The van der Waals surface area contributed by atoms with Crippen LogP contribution in [0.4, 0.5) is 9.18 Å². The minimum atomic E-state index is -1.05. The van der Waals surface area contributed by atoms with Crippen LogP contribution in [0, 0.1) is 5.82 Å². The molecule has 0 spiro atoms. The van der Waals surface area contributed by atoms with Crippen molar-refractivity contribution in [1.82, 2.24) is 10.2 Å². The van der Waals surface area contributed by atoms with Crippen molar-refractivity contribution in [3.8, 4) is 0 Å². The molecule has 28 heavy (non-hydrogen) atoms. The largest absolute Gasteiger partial charge is 0.329 e. The average molecular weight is 382 g/mol. The number of fused-ring (bicyclic) bond motifs is 1. The first-order valence-electron chi connectivity index (χ1n) is 9.69. The van der Waals surface area contributed by atoms with Crippen LogP contribution >= 0.6 is 0 Å². The lowest BCUT2D eigenvalue weighted by atomic mass is 9.90. The Morgan fingerprint density at radius 1 is 1.14 bits per heavy atom. The van der Waals surface area contributed by atoms with Gasteiger partial charge in [0, 0.05) is 5.56 Å². The van der Waals surface area contributed by atoms with Crippen molar-refractivity contribution in [1.29, 1.82) is 0 Å². The molecule has 1 heterocycles. The Hall–Kier alpha value is -2.73. The summed E-state index contributed by atoms with van der Waals surface area (Å²) in [5, 5.41) is 2.88. The fourth-order valence-corrected chi connectivity index (χ4v) is 4.24. The molecule has 1 unspecified atom stereocenters. The zero-order chi connectivity index (χ0) is 19.9. The van der Waals surface area contributed by atoms with Gasteiger partial charge in [0.2, 0.25) is 0 Å². The van der Waals surface area contributed by atoms with Crippen molar-refractivity contribution in [2.24, 2.45) is 0 Å². The average Bonchev–Trinajstić information content (AvgIpc) is 3.20. The molecule has 0 bridgehead atoms. The van der Waals surface area contributed by atoms with E-state index in [1.807, 2.05) is 19.2 Å². The molecule has 0 saturated carbocycles. The number of rotatable bonds is 5. The number of halogens is 1. The molecule has 1 fully saturated rings. The number of imide groups is 1. The third-order valence-electron chi connectivity index (χ3n) is 5.77. The quantitative estimate of drug-likeness (QED) is 0.775. The van der Waals surface area contributed by atoms with Crippen LogP contribution in [0.15, 0.2) is 42.5 Å². The molecule has 5 nitrogen and oxygen atoms in total. The van der Waals surface area contributed by atoms with Gasteiger partial charge >= 0.3 is 6.03 Å². The molecule has 2 atom stereocenters. The molecule has 4 rings (SSSR count). The van der Waals surface area contributed by atoms with E-state index in [1.165, 1.54) is 28.2 Å². The molecule has 3 amide bonds. The number of urea groups is 1. The number of quaternary nitrogens is 1. The summed E-state index contributed by atoms with van der Waals surface area (Å²) in [5.41, 5.74) is 3.21. The summed E-state index contributed by atoms with van der Waals surface area (Å²) in [6.07, 6.45) is 3.23. The Labute approximate surface area is 164 Å². The molecule has 2 aromatic rings. The van der Waals surface area contributed by atoms with Crippen molar-refractivity contribution >= 4 is 11.9 Å². The van der Waals surface area contributed by atoms with E-state index in [0.29, 0.717) is 6.54 Å². The lowest BCUT2D eigenvalue weighted by Gasteiger charge is -2.24. The summed E-state index contributed by atoms with van der Waals surface area (Å²) in [4.78, 5) is 27.9. The zero-order valence-corrected chi connectivity index (χ0v) is 16.2. The van der Waals surface area contributed by atoms with Crippen LogP contribution in [-0.4, -0.2) is 30.6 Å². The lowest BCUT2D eigenvalue weighted by molar-refractivity contribution is -0.901. The summed E-state index contributed by atoms with van der Waals surface area (Å²) in [7, 11) is 1.89. The van der Waals surface area contributed by atoms with Crippen molar-refractivity contribution in [3.63, 3.8) is 0 Å². The molecule has 2 N–H and O–H groups in total. The second-order valence-corrected chi connectivity index (χ2v) is 8.05. The standard InChI is InChI=1S/C22H24FN3O2/c1-22(18-10-9-16-6-4-7-17(16)12-18)20(27)26(21(28)24-22)14-25(2)13-15-5-3-8-19(23)11-15/h3,5,8-12H,4,6-7,13-14H2,1-2H3,(H,24,28)/p+1/t22-/m0/s1. The first-order chi connectivity index (χ1) is 13.4. The van der Waals surface area contributed by atoms with Crippen molar-refractivity contribution in [2.75, 3.05) is 13.7 Å². The third-order valence-corrected chi connectivity index (χ3v) is 5.77. The highest BCUT2D eigenvalue weighted by atomic mass is 19.1. The first kappa shape index (κ1) is 18.6. The van der Waals surface area contributed by atoms with Crippen molar-refractivity contribution in [3.05, 3.63) is 70.5 Å². The molecule has 1 aliphatic heterocycles. The van der Waals surface area contributed by atoms with E-state index in [-0.39, 0.29) is 24.4 Å². The van der Waals surface area contributed by atoms with Crippen LogP contribution in [0.3, 0.4) is 0 Å². The molecular weight excluding hydrogens is 357 g/mol. The SMILES string of the molecule is C[NH+](Cc1cccc(F)c1)CN1C(=O)N[C@@](C)(c2ccc3c(c2)CCC3)C1=O. The number of carbonyl (C=O) groups excluding carboxylic acids is 2. The molecule has 0 aromatic heterocycles. The Morgan fingerprint density at radius 2 is 1.93 bits per heavy atom. The Kier molecular flexibility index (Phi) is 4.67. The van der Waals surface area contributed by atoms with Gasteiger partial charge in [-0.05, 0) is 55.0 Å². The number of hydrogen-bond acceptors (Lipinski definition) is 2. The van der Waals surface area contributed by atoms with E-state index < -0.39 is 5.54 Å². The normalized spacial score (nSPS) is 22.3. The third kappa shape index (κ3) is 3.29. The van der Waals surface area contributed by atoms with Crippen LogP contribution < -0.4 is 10.2 Å². The van der Waals surface area contributed by atoms with E-state index in [4.69, 9.17) is 0 Å². The smallest absolute Gasteiger partial charge is 0.319 e. The fraction of sp³-hybridized carbons (Fsp3) is 0.364. The highest BCUT2D eigenvalue weighted by Crippen LogP contribution is 2.32. The van der Waals surface area contributed by atoms with Gasteiger partial charge in [-0.15, -0.1) is 0 Å². The molecule has 146 valence electrons. The monoisotopic (exact) mass is 382 g/mol. The minimum Gasteiger partial charge on any atom is -0.319 e. The van der Waals surface area contributed by atoms with Crippen LogP contribution in [-0.2, 0) is 29.7 Å². The predicted molar refractivity (Wildman–Crippen MR) is 103 cm³/mol. The minimum absolute atomic E-state index is 0.224. The highest BCUT2D eigenvalue weighted by molar-refractivity contribution is 6.07. The Balaban J connectivity index is 1.50. The highest BCUT2D eigenvalue weighted by Gasteiger charge is 2.50. The molecular formula is C22H25FN3O2+. The predicted octanol–water partition coefficient (Wildman–Crippen LogP) is 1.75. The molecule has 2 aliphatic rings. The molecule has 6 heteroatoms. The summed E-state index contributed by atoms with van der Waals surface area (Å²) < 4.78 is 13.4. The molecule has 2 aromatic carbocycles. The first-order valence-corrected chi connectivity index (χ1v) is 9.69. The molecule has 1 aliphatic carbocycles. The number of amides is 3. The topological polar surface area (TPSA) is 53.9 Å². The lowest BCUT2D eigenvalue weighted by Crippen LogP contribution is -3.09. The van der Waals surface area contributed by atoms with Crippen molar-refractivity contribution in [2.45, 2.75) is 38.3 Å². The number of nitrogens with zero attached hydrogens (tertiary/aromatic N) is 1. The van der Waals surface area contributed by atoms with Crippen LogP contribution in [0.5, 0.6) is 0 Å². The maximum absolute atomic E-state index is 13.4. The van der Waals surface area contributed by atoms with Gasteiger partial charge in [0.15, 0.2) is 6.67 Å². The summed E-state index contributed by atoms with van der Waals surface area (Å²) in [5.74, 6) is -0.529. The molecule has 0 radical (unpaired) electrons. The van der Waals surface area contributed by atoms with E-state index in [0.717, 1.165) is 35.3 Å². The second-order valence-electron chi connectivity index (χ2n) is 8.05. The molecule has 1 saturated heterocycles. The van der Waals surface area contributed by atoms with Gasteiger partial charge in [0.25, 0.3) is 5.91 Å². The Morgan fingerprint density at radius 3 is 2.71 bits per heavy atom. The van der Waals surface area contributed by atoms with E-state index in [1.54, 1.807) is 13.0 Å². The van der Waals surface area contributed by atoms with E-state index in [9.17, 15) is 14.0 Å². The zero-order valence-electron chi connectivity index (χ0n) is 16.2. The van der Waals surface area contributed by atoms with Gasteiger partial charge in [-0.3, -0.25) is 4.79 Å². The maximum atomic E-state index is 13.4. The van der Waals surface area contributed by atoms with Crippen molar-refractivity contribution < 1.29 is 18.9 Å². The summed E-state index contributed by atoms with van der Waals surface area (Å²) in [6, 6.07) is 12.1. The van der Waals surface area contributed by atoms with E-state index >= 15 is 0 Å². The second kappa shape index (κ2) is 7.02. The van der Waals surface area contributed by atoms with Gasteiger partial charge in [-0.25, -0.2) is 14.1 Å². The van der Waals surface area contributed by atoms with Gasteiger partial charge in [-0.2, -0.15) is 0 Å². The van der Waals surface area contributed by atoms with Gasteiger partial charge < -0.3 is 10.2 Å². The van der Waals surface area contributed by atoms with Gasteiger partial charge in [-0.1, -0.05) is 30.3 Å². The number of hydrogen-bond donors (Lipinski definition) is 2. The number of nitrogens with one attached hydrogen (secondary N) is 2. The van der Waals surface area contributed by atoms with E-state index in [2.05, 4.69) is 17.4 Å². The summed E-state index contributed by atoms with van der Waals surface area (Å²) >= 11 is 0. The number of aryl methyl sites for hydroxylation is 2.